The van der Waals surface area contributed by atoms with Gasteiger partial charge in [0.1, 0.15) is 11.3 Å². The molecule has 5 heteroatoms. The van der Waals surface area contributed by atoms with Gasteiger partial charge < -0.3 is 10.5 Å². The van der Waals surface area contributed by atoms with Crippen molar-refractivity contribution in [2.75, 3.05) is 5.73 Å². The van der Waals surface area contributed by atoms with Crippen molar-refractivity contribution >= 4 is 16.9 Å². The van der Waals surface area contributed by atoms with Gasteiger partial charge >= 0.3 is 0 Å². The minimum Gasteiger partial charge on any atom is -0.439 e. The number of nitrogen functional groups attached to an aromatic ring is 1. The van der Waals surface area contributed by atoms with E-state index in [2.05, 4.69) is 15.0 Å². The molecule has 0 aliphatic rings. The molecule has 0 atom stereocenters. The molecule has 0 aliphatic heterocycles. The summed E-state index contributed by atoms with van der Waals surface area (Å²) in [5, 5.41) is 0. The maximum atomic E-state index is 5.75. The number of anilines is 1. The molecule has 0 bridgehead atoms. The molecule has 19 heavy (non-hydrogen) atoms. The molecule has 0 saturated heterocycles. The van der Waals surface area contributed by atoms with Crippen LogP contribution in [0, 0.1) is 6.92 Å². The summed E-state index contributed by atoms with van der Waals surface area (Å²) in [6.07, 6.45) is 3.23. The molecule has 1 aromatic carbocycles. The largest absolute Gasteiger partial charge is 0.439 e. The number of pyridine rings is 1. The first kappa shape index (κ1) is 11.4. The van der Waals surface area contributed by atoms with Crippen LogP contribution in [0.2, 0.25) is 0 Å². The van der Waals surface area contributed by atoms with Gasteiger partial charge in [0.15, 0.2) is 5.65 Å². The molecular weight excluding hydrogens is 240 g/mol. The van der Waals surface area contributed by atoms with Crippen molar-refractivity contribution in [1.29, 1.82) is 0 Å². The lowest BCUT2D eigenvalue weighted by Gasteiger charge is -2.08. The van der Waals surface area contributed by atoms with Gasteiger partial charge in [-0.25, -0.2) is 4.98 Å². The minimum absolute atomic E-state index is 0.474. The van der Waals surface area contributed by atoms with E-state index in [1.54, 1.807) is 24.5 Å². The van der Waals surface area contributed by atoms with Crippen LogP contribution in [-0.2, 0) is 0 Å². The summed E-state index contributed by atoms with van der Waals surface area (Å²) in [5.41, 5.74) is 8.69. The second-order valence-corrected chi connectivity index (χ2v) is 4.18. The SMILES string of the molecule is Cc1ccc(N)cc1Oc1ccc2nccnc2n1. The highest BCUT2D eigenvalue weighted by Gasteiger charge is 2.05. The molecule has 3 rings (SSSR count). The highest BCUT2D eigenvalue weighted by atomic mass is 16.5. The Morgan fingerprint density at radius 3 is 2.79 bits per heavy atom. The smallest absolute Gasteiger partial charge is 0.221 e. The molecular formula is C14H12N4O. The molecule has 5 nitrogen and oxygen atoms in total. The predicted octanol–water partition coefficient (Wildman–Crippen LogP) is 2.71. The fourth-order valence-electron chi connectivity index (χ4n) is 1.73. The lowest BCUT2D eigenvalue weighted by Crippen LogP contribution is -1.94. The number of ether oxygens (including phenoxy) is 1. The van der Waals surface area contributed by atoms with Gasteiger partial charge in [0.2, 0.25) is 5.88 Å². The summed E-state index contributed by atoms with van der Waals surface area (Å²) >= 11 is 0. The summed E-state index contributed by atoms with van der Waals surface area (Å²) in [7, 11) is 0. The third kappa shape index (κ3) is 2.30. The lowest BCUT2D eigenvalue weighted by atomic mass is 10.2. The molecule has 0 unspecified atom stereocenters. The predicted molar refractivity (Wildman–Crippen MR) is 73.0 cm³/mol. The fourth-order valence-corrected chi connectivity index (χ4v) is 1.73. The molecule has 0 radical (unpaired) electrons. The first-order valence-electron chi connectivity index (χ1n) is 5.84. The molecule has 0 spiro atoms. The Balaban J connectivity index is 1.98. The lowest BCUT2D eigenvalue weighted by molar-refractivity contribution is 0.461. The standard InChI is InChI=1S/C14H12N4O/c1-9-2-3-10(15)8-12(9)19-13-5-4-11-14(18-13)17-7-6-16-11/h2-8H,15H2,1H3. The number of hydrogen-bond donors (Lipinski definition) is 1. The topological polar surface area (TPSA) is 73.9 Å². The van der Waals surface area contributed by atoms with E-state index in [-0.39, 0.29) is 0 Å². The van der Waals surface area contributed by atoms with E-state index < -0.39 is 0 Å². The van der Waals surface area contributed by atoms with Gasteiger partial charge in [-0.05, 0) is 24.6 Å². The Labute approximate surface area is 110 Å². The Morgan fingerprint density at radius 1 is 1.05 bits per heavy atom. The van der Waals surface area contributed by atoms with Gasteiger partial charge in [-0.15, -0.1) is 0 Å². The van der Waals surface area contributed by atoms with E-state index >= 15 is 0 Å². The molecule has 2 aromatic heterocycles. The first-order valence-corrected chi connectivity index (χ1v) is 5.84. The van der Waals surface area contributed by atoms with Crippen molar-refractivity contribution in [2.45, 2.75) is 6.92 Å². The van der Waals surface area contributed by atoms with E-state index in [4.69, 9.17) is 10.5 Å². The van der Waals surface area contributed by atoms with Crippen LogP contribution in [-0.4, -0.2) is 15.0 Å². The summed E-state index contributed by atoms with van der Waals surface area (Å²) in [5.74, 6) is 1.16. The van der Waals surface area contributed by atoms with E-state index in [9.17, 15) is 0 Å². The molecule has 0 fully saturated rings. The zero-order chi connectivity index (χ0) is 13.2. The van der Waals surface area contributed by atoms with Crippen LogP contribution in [0.25, 0.3) is 11.2 Å². The van der Waals surface area contributed by atoms with Crippen molar-refractivity contribution in [2.24, 2.45) is 0 Å². The maximum Gasteiger partial charge on any atom is 0.221 e. The quantitative estimate of drug-likeness (QED) is 0.710. The highest BCUT2D eigenvalue weighted by molar-refractivity contribution is 5.69. The first-order chi connectivity index (χ1) is 9.22. The third-order valence-corrected chi connectivity index (χ3v) is 2.73. The maximum absolute atomic E-state index is 5.75. The average Bonchev–Trinajstić information content (AvgIpc) is 2.43. The Morgan fingerprint density at radius 2 is 1.89 bits per heavy atom. The van der Waals surface area contributed by atoms with Crippen molar-refractivity contribution < 1.29 is 4.74 Å². The monoisotopic (exact) mass is 252 g/mol. The van der Waals surface area contributed by atoms with Crippen LogP contribution in [0.1, 0.15) is 5.56 Å². The van der Waals surface area contributed by atoms with Gasteiger partial charge in [0, 0.05) is 30.2 Å². The van der Waals surface area contributed by atoms with E-state index in [0.29, 0.717) is 23.0 Å². The second-order valence-electron chi connectivity index (χ2n) is 4.18. The van der Waals surface area contributed by atoms with Gasteiger partial charge in [-0.1, -0.05) is 6.07 Å². The van der Waals surface area contributed by atoms with Crippen molar-refractivity contribution in [3.8, 4) is 11.6 Å². The number of rotatable bonds is 2. The summed E-state index contributed by atoms with van der Waals surface area (Å²) in [6.45, 7) is 1.95. The Hall–Kier alpha value is -2.69. The molecule has 0 saturated carbocycles. The fraction of sp³-hybridized carbons (Fsp3) is 0.0714. The molecule has 0 amide bonds. The van der Waals surface area contributed by atoms with Gasteiger partial charge in [0.25, 0.3) is 0 Å². The van der Waals surface area contributed by atoms with Gasteiger partial charge in [0.05, 0.1) is 0 Å². The number of benzene rings is 1. The van der Waals surface area contributed by atoms with Gasteiger partial charge in [-0.2, -0.15) is 4.98 Å². The van der Waals surface area contributed by atoms with Gasteiger partial charge in [-0.3, -0.25) is 4.98 Å². The van der Waals surface area contributed by atoms with Crippen LogP contribution in [0.3, 0.4) is 0 Å². The molecule has 2 heterocycles. The highest BCUT2D eigenvalue weighted by Crippen LogP contribution is 2.26. The van der Waals surface area contributed by atoms with Crippen LogP contribution in [0.5, 0.6) is 11.6 Å². The van der Waals surface area contributed by atoms with E-state index in [1.165, 1.54) is 0 Å². The Bertz CT molecular complexity index is 742. The average molecular weight is 252 g/mol. The number of nitrogens with zero attached hydrogens (tertiary/aromatic N) is 3. The Kier molecular flexibility index (Phi) is 2.72. The number of aromatic nitrogens is 3. The van der Waals surface area contributed by atoms with Crippen molar-refractivity contribution in [3.63, 3.8) is 0 Å². The molecule has 94 valence electrons. The number of aryl methyl sites for hydroxylation is 1. The minimum atomic E-state index is 0.474. The van der Waals surface area contributed by atoms with E-state index in [0.717, 1.165) is 11.1 Å². The zero-order valence-electron chi connectivity index (χ0n) is 10.4. The van der Waals surface area contributed by atoms with Crippen molar-refractivity contribution in [1.82, 2.24) is 15.0 Å². The number of fused-ring (bicyclic) bond motifs is 1. The zero-order valence-corrected chi connectivity index (χ0v) is 10.4. The van der Waals surface area contributed by atoms with Crippen molar-refractivity contribution in [3.05, 3.63) is 48.3 Å². The van der Waals surface area contributed by atoms with E-state index in [1.807, 2.05) is 25.1 Å². The number of nitrogens with two attached hydrogens (primary N) is 1. The summed E-state index contributed by atoms with van der Waals surface area (Å²) < 4.78 is 5.74. The second kappa shape index (κ2) is 4.53. The van der Waals surface area contributed by atoms with Crippen LogP contribution < -0.4 is 10.5 Å². The normalized spacial score (nSPS) is 10.6. The molecule has 3 aromatic rings. The number of hydrogen-bond acceptors (Lipinski definition) is 5. The summed E-state index contributed by atoms with van der Waals surface area (Å²) in [6, 6.07) is 9.11. The van der Waals surface area contributed by atoms with Crippen LogP contribution in [0.15, 0.2) is 42.7 Å². The third-order valence-electron chi connectivity index (χ3n) is 2.73. The molecule has 2 N–H and O–H groups in total. The summed E-state index contributed by atoms with van der Waals surface area (Å²) in [4.78, 5) is 12.6. The molecule has 0 aliphatic carbocycles. The van der Waals surface area contributed by atoms with Crippen LogP contribution >= 0.6 is 0 Å². The van der Waals surface area contributed by atoms with Crippen LogP contribution in [0.4, 0.5) is 5.69 Å².